The first-order valence-corrected chi connectivity index (χ1v) is 8.08. The maximum atomic E-state index is 11.8. The van der Waals surface area contributed by atoms with Crippen LogP contribution < -0.4 is 9.64 Å². The number of hydrogen-bond donors (Lipinski definition) is 0. The van der Waals surface area contributed by atoms with Crippen LogP contribution in [0.15, 0.2) is 18.2 Å². The highest BCUT2D eigenvalue weighted by Crippen LogP contribution is 2.34. The zero-order valence-electron chi connectivity index (χ0n) is 14.5. The van der Waals surface area contributed by atoms with Crippen molar-refractivity contribution in [2.24, 2.45) is 0 Å². The average molecular weight is 304 g/mol. The summed E-state index contributed by atoms with van der Waals surface area (Å²) in [5.41, 5.74) is 2.46. The second-order valence-electron chi connectivity index (χ2n) is 6.86. The normalized spacial score (nSPS) is 15.9. The fraction of sp³-hybridized carbons (Fsp3) is 0.611. The predicted molar refractivity (Wildman–Crippen MR) is 90.8 cm³/mol. The van der Waals surface area contributed by atoms with Crippen LogP contribution in [0, 0.1) is 0 Å². The molecule has 1 saturated heterocycles. The molecular weight excluding hydrogens is 276 g/mol. The maximum Gasteiger partial charge on any atom is 0.222 e. The molecule has 1 heterocycles. The molecule has 1 aromatic rings. The van der Waals surface area contributed by atoms with Crippen LogP contribution in [0.4, 0.5) is 5.69 Å². The van der Waals surface area contributed by atoms with Gasteiger partial charge in [-0.25, -0.2) is 0 Å². The van der Waals surface area contributed by atoms with E-state index in [4.69, 9.17) is 4.74 Å². The van der Waals surface area contributed by atoms with Gasteiger partial charge in [-0.05, 0) is 17.0 Å². The number of rotatable bonds is 3. The highest BCUT2D eigenvalue weighted by Gasteiger charge is 2.23. The number of methoxy groups -OCH3 is 1. The minimum Gasteiger partial charge on any atom is -0.496 e. The van der Waals surface area contributed by atoms with E-state index in [2.05, 4.69) is 43.9 Å². The summed E-state index contributed by atoms with van der Waals surface area (Å²) in [4.78, 5) is 16.0. The summed E-state index contributed by atoms with van der Waals surface area (Å²) in [7, 11) is 1.73. The van der Waals surface area contributed by atoms with Gasteiger partial charge in [-0.2, -0.15) is 0 Å². The number of carbonyl (C=O) groups is 1. The molecule has 0 bridgehead atoms. The van der Waals surface area contributed by atoms with Gasteiger partial charge >= 0.3 is 0 Å². The molecule has 1 fully saturated rings. The van der Waals surface area contributed by atoms with Gasteiger partial charge in [-0.1, -0.05) is 33.8 Å². The van der Waals surface area contributed by atoms with Gasteiger partial charge in [0.25, 0.3) is 0 Å². The second-order valence-corrected chi connectivity index (χ2v) is 6.86. The van der Waals surface area contributed by atoms with E-state index < -0.39 is 0 Å². The molecule has 2 rings (SSSR count). The summed E-state index contributed by atoms with van der Waals surface area (Å²) < 4.78 is 5.59. The SMILES string of the molecule is CCC(=O)N1CCN(c2ccc(C(C)(C)C)c(OC)c2)CC1. The number of amides is 1. The summed E-state index contributed by atoms with van der Waals surface area (Å²) in [5.74, 6) is 1.19. The van der Waals surface area contributed by atoms with Crippen LogP contribution in [0.3, 0.4) is 0 Å². The molecule has 0 N–H and O–H groups in total. The van der Waals surface area contributed by atoms with Gasteiger partial charge in [0.1, 0.15) is 5.75 Å². The van der Waals surface area contributed by atoms with Crippen LogP contribution in [-0.2, 0) is 10.2 Å². The summed E-state index contributed by atoms with van der Waals surface area (Å²) >= 11 is 0. The lowest BCUT2D eigenvalue weighted by atomic mass is 9.86. The average Bonchev–Trinajstić information content (AvgIpc) is 2.52. The third kappa shape index (κ3) is 3.54. The summed E-state index contributed by atoms with van der Waals surface area (Å²) in [6, 6.07) is 6.45. The molecule has 4 heteroatoms. The van der Waals surface area contributed by atoms with Crippen molar-refractivity contribution in [2.45, 2.75) is 39.5 Å². The monoisotopic (exact) mass is 304 g/mol. The number of piperazine rings is 1. The van der Waals surface area contributed by atoms with Crippen LogP contribution in [-0.4, -0.2) is 44.1 Å². The third-order valence-corrected chi connectivity index (χ3v) is 4.29. The van der Waals surface area contributed by atoms with E-state index in [1.54, 1.807) is 7.11 Å². The number of anilines is 1. The van der Waals surface area contributed by atoms with Crippen molar-refractivity contribution in [3.8, 4) is 5.75 Å². The lowest BCUT2D eigenvalue weighted by molar-refractivity contribution is -0.131. The van der Waals surface area contributed by atoms with Gasteiger partial charge in [0.15, 0.2) is 0 Å². The Bertz CT molecular complexity index is 526. The first-order valence-electron chi connectivity index (χ1n) is 8.08. The molecule has 122 valence electrons. The Labute approximate surface area is 134 Å². The molecule has 0 saturated carbocycles. The molecule has 1 aliphatic rings. The molecule has 0 aromatic heterocycles. The molecule has 0 atom stereocenters. The minimum atomic E-state index is 0.0656. The zero-order chi connectivity index (χ0) is 16.3. The number of hydrogen-bond acceptors (Lipinski definition) is 3. The maximum absolute atomic E-state index is 11.8. The fourth-order valence-corrected chi connectivity index (χ4v) is 2.93. The Hall–Kier alpha value is -1.71. The van der Waals surface area contributed by atoms with Crippen molar-refractivity contribution >= 4 is 11.6 Å². The molecule has 0 unspecified atom stereocenters. The first-order chi connectivity index (χ1) is 10.4. The van der Waals surface area contributed by atoms with Gasteiger partial charge < -0.3 is 14.5 Å². The number of benzene rings is 1. The van der Waals surface area contributed by atoms with E-state index in [0.29, 0.717) is 6.42 Å². The molecular formula is C18H28N2O2. The van der Waals surface area contributed by atoms with Gasteiger partial charge in [0.05, 0.1) is 7.11 Å². The molecule has 1 amide bonds. The largest absolute Gasteiger partial charge is 0.496 e. The first kappa shape index (κ1) is 16.7. The molecule has 1 aromatic carbocycles. The van der Waals surface area contributed by atoms with Crippen molar-refractivity contribution in [3.05, 3.63) is 23.8 Å². The van der Waals surface area contributed by atoms with E-state index in [-0.39, 0.29) is 11.3 Å². The molecule has 0 aliphatic carbocycles. The van der Waals surface area contributed by atoms with E-state index in [1.807, 2.05) is 11.8 Å². The van der Waals surface area contributed by atoms with Gasteiger partial charge in [0.2, 0.25) is 5.91 Å². The summed E-state index contributed by atoms with van der Waals surface area (Å²) in [6.07, 6.45) is 0.591. The Morgan fingerprint density at radius 3 is 2.32 bits per heavy atom. The van der Waals surface area contributed by atoms with Crippen molar-refractivity contribution in [1.29, 1.82) is 0 Å². The predicted octanol–water partition coefficient (Wildman–Crippen LogP) is 3.05. The van der Waals surface area contributed by atoms with Crippen LogP contribution >= 0.6 is 0 Å². The van der Waals surface area contributed by atoms with E-state index >= 15 is 0 Å². The molecule has 0 radical (unpaired) electrons. The highest BCUT2D eigenvalue weighted by molar-refractivity contribution is 5.76. The Balaban J connectivity index is 2.13. The van der Waals surface area contributed by atoms with Gasteiger partial charge in [-0.3, -0.25) is 4.79 Å². The van der Waals surface area contributed by atoms with Gasteiger partial charge in [-0.15, -0.1) is 0 Å². The van der Waals surface area contributed by atoms with Crippen molar-refractivity contribution in [3.63, 3.8) is 0 Å². The van der Waals surface area contributed by atoms with Crippen molar-refractivity contribution in [1.82, 2.24) is 4.90 Å². The van der Waals surface area contributed by atoms with Crippen LogP contribution in [0.2, 0.25) is 0 Å². The molecule has 4 nitrogen and oxygen atoms in total. The van der Waals surface area contributed by atoms with Crippen molar-refractivity contribution < 1.29 is 9.53 Å². The zero-order valence-corrected chi connectivity index (χ0v) is 14.5. The lowest BCUT2D eigenvalue weighted by Crippen LogP contribution is -2.48. The molecule has 1 aliphatic heterocycles. The summed E-state index contributed by atoms with van der Waals surface area (Å²) in [5, 5.41) is 0. The van der Waals surface area contributed by atoms with E-state index in [0.717, 1.165) is 31.9 Å². The molecule has 22 heavy (non-hydrogen) atoms. The highest BCUT2D eigenvalue weighted by atomic mass is 16.5. The quantitative estimate of drug-likeness (QED) is 0.860. The van der Waals surface area contributed by atoms with Crippen LogP contribution in [0.1, 0.15) is 39.7 Å². The Morgan fingerprint density at radius 2 is 1.82 bits per heavy atom. The summed E-state index contributed by atoms with van der Waals surface area (Å²) in [6.45, 7) is 11.9. The van der Waals surface area contributed by atoms with Crippen molar-refractivity contribution in [2.75, 3.05) is 38.2 Å². The number of carbonyl (C=O) groups excluding carboxylic acids is 1. The van der Waals surface area contributed by atoms with Crippen LogP contribution in [0.25, 0.3) is 0 Å². The Kier molecular flexibility index (Phi) is 4.99. The van der Waals surface area contributed by atoms with E-state index in [1.165, 1.54) is 11.3 Å². The fourth-order valence-electron chi connectivity index (χ4n) is 2.93. The topological polar surface area (TPSA) is 32.8 Å². The molecule has 0 spiro atoms. The van der Waals surface area contributed by atoms with E-state index in [9.17, 15) is 4.79 Å². The number of ether oxygens (including phenoxy) is 1. The smallest absolute Gasteiger partial charge is 0.222 e. The number of nitrogens with zero attached hydrogens (tertiary/aromatic N) is 2. The van der Waals surface area contributed by atoms with Crippen LogP contribution in [0.5, 0.6) is 5.75 Å². The third-order valence-electron chi connectivity index (χ3n) is 4.29. The standard InChI is InChI=1S/C18H28N2O2/c1-6-17(21)20-11-9-19(10-12-20)14-7-8-15(18(2,3)4)16(13-14)22-5/h7-8,13H,6,9-12H2,1-5H3. The second kappa shape index (κ2) is 6.59. The Morgan fingerprint density at radius 1 is 1.18 bits per heavy atom. The minimum absolute atomic E-state index is 0.0656. The lowest BCUT2D eigenvalue weighted by Gasteiger charge is -2.36. The van der Waals surface area contributed by atoms with Gasteiger partial charge in [0, 0.05) is 44.4 Å².